The lowest BCUT2D eigenvalue weighted by atomic mass is 9.91. The van der Waals surface area contributed by atoms with E-state index >= 15 is 0 Å². The van der Waals surface area contributed by atoms with Crippen LogP contribution in [-0.2, 0) is 21.4 Å². The number of amides is 1. The van der Waals surface area contributed by atoms with Crippen molar-refractivity contribution in [1.82, 2.24) is 14.7 Å². The first-order chi connectivity index (χ1) is 13.3. The molecule has 3 rings (SSSR count). The molecule has 0 N–H and O–H groups in total. The Hall–Kier alpha value is -2.15. The largest absolute Gasteiger partial charge is 0.461 e. The summed E-state index contributed by atoms with van der Waals surface area (Å²) in [4.78, 5) is 27.8. The number of thiophene rings is 1. The van der Waals surface area contributed by atoms with Gasteiger partial charge in [-0.2, -0.15) is 5.10 Å². The van der Waals surface area contributed by atoms with Crippen molar-refractivity contribution in [3.63, 3.8) is 0 Å². The number of carbonyl (C=O) groups excluding carboxylic acids is 2. The summed E-state index contributed by atoms with van der Waals surface area (Å²) in [6.45, 7) is 9.92. The molecule has 1 saturated heterocycles. The molecule has 0 aromatic carbocycles. The number of rotatable bonds is 5. The zero-order chi connectivity index (χ0) is 20.3. The van der Waals surface area contributed by atoms with E-state index in [2.05, 4.69) is 25.9 Å². The number of nitrogens with zero attached hydrogens (tertiary/aromatic N) is 3. The summed E-state index contributed by atoms with van der Waals surface area (Å²) in [5.41, 5.74) is 1.26. The van der Waals surface area contributed by atoms with E-state index in [1.807, 2.05) is 33.2 Å². The number of carbonyl (C=O) groups is 2. The molecule has 0 aliphatic carbocycles. The van der Waals surface area contributed by atoms with E-state index in [0.29, 0.717) is 31.8 Å². The molecule has 1 fully saturated rings. The van der Waals surface area contributed by atoms with Crippen molar-refractivity contribution in [3.05, 3.63) is 39.8 Å². The van der Waals surface area contributed by atoms with E-state index in [1.54, 1.807) is 18.3 Å². The summed E-state index contributed by atoms with van der Waals surface area (Å²) in [5, 5.41) is 6.59. The molecule has 0 bridgehead atoms. The van der Waals surface area contributed by atoms with E-state index in [1.165, 1.54) is 0 Å². The molecule has 152 valence electrons. The van der Waals surface area contributed by atoms with Crippen molar-refractivity contribution in [3.8, 4) is 0 Å². The Balaban J connectivity index is 1.70. The van der Waals surface area contributed by atoms with Crippen LogP contribution in [-0.4, -0.2) is 46.3 Å². The molecule has 1 aliphatic rings. The molecule has 1 aliphatic heterocycles. The second-order valence-corrected chi connectivity index (χ2v) is 9.23. The number of ether oxygens (including phenoxy) is 1. The second-order valence-electron chi connectivity index (χ2n) is 8.20. The Kier molecular flexibility index (Phi) is 6.23. The Morgan fingerprint density at radius 2 is 2.00 bits per heavy atom. The molecule has 7 heteroatoms. The van der Waals surface area contributed by atoms with Crippen LogP contribution in [0.5, 0.6) is 0 Å². The van der Waals surface area contributed by atoms with Crippen molar-refractivity contribution in [2.24, 2.45) is 0 Å². The summed E-state index contributed by atoms with van der Waals surface area (Å²) in [6.07, 6.45) is 2.15. The minimum atomic E-state index is -0.379. The van der Waals surface area contributed by atoms with E-state index in [4.69, 9.17) is 4.74 Å². The average molecular weight is 404 g/mol. The van der Waals surface area contributed by atoms with E-state index in [0.717, 1.165) is 23.4 Å². The van der Waals surface area contributed by atoms with Crippen LogP contribution in [0.3, 0.4) is 0 Å². The minimum Gasteiger partial charge on any atom is -0.461 e. The van der Waals surface area contributed by atoms with Gasteiger partial charge < -0.3 is 9.64 Å². The van der Waals surface area contributed by atoms with Crippen molar-refractivity contribution in [1.29, 1.82) is 0 Å². The number of piperidine rings is 1. The predicted octanol–water partition coefficient (Wildman–Crippen LogP) is 3.83. The predicted molar refractivity (Wildman–Crippen MR) is 110 cm³/mol. The molecule has 0 unspecified atom stereocenters. The molecule has 3 heterocycles. The lowest BCUT2D eigenvalue weighted by Crippen LogP contribution is -2.40. The minimum absolute atomic E-state index is 0.135. The maximum absolute atomic E-state index is 12.5. The Morgan fingerprint density at radius 3 is 2.57 bits per heavy atom. The van der Waals surface area contributed by atoms with Crippen molar-refractivity contribution in [2.45, 2.75) is 58.4 Å². The van der Waals surface area contributed by atoms with Gasteiger partial charge in [-0.05, 0) is 37.3 Å². The molecule has 0 radical (unpaired) electrons. The molecular formula is C21H29N3O3S. The summed E-state index contributed by atoms with van der Waals surface area (Å²) < 4.78 is 7.12. The summed E-state index contributed by atoms with van der Waals surface area (Å²) in [7, 11) is 0. The fraction of sp³-hybridized carbons (Fsp3) is 0.571. The topological polar surface area (TPSA) is 64.4 Å². The van der Waals surface area contributed by atoms with Gasteiger partial charge in [0.25, 0.3) is 0 Å². The van der Waals surface area contributed by atoms with Gasteiger partial charge in [-0.25, -0.2) is 4.79 Å². The van der Waals surface area contributed by atoms with Crippen LogP contribution in [0.25, 0.3) is 0 Å². The van der Waals surface area contributed by atoms with Gasteiger partial charge in [0, 0.05) is 29.1 Å². The number of hydrogen-bond acceptors (Lipinski definition) is 5. The van der Waals surface area contributed by atoms with Gasteiger partial charge in [0.05, 0.1) is 19.1 Å². The zero-order valence-corrected chi connectivity index (χ0v) is 17.9. The van der Waals surface area contributed by atoms with Gasteiger partial charge in [-0.1, -0.05) is 26.8 Å². The van der Waals surface area contributed by atoms with Crippen molar-refractivity contribution >= 4 is 23.2 Å². The maximum atomic E-state index is 12.5. The maximum Gasteiger partial charge on any atom is 0.358 e. The summed E-state index contributed by atoms with van der Waals surface area (Å²) >= 11 is 1.62. The average Bonchev–Trinajstić information content (AvgIpc) is 3.31. The lowest BCUT2D eigenvalue weighted by molar-refractivity contribution is -0.131. The van der Waals surface area contributed by atoms with E-state index in [9.17, 15) is 9.59 Å². The molecule has 2 aromatic rings. The van der Waals surface area contributed by atoms with Crippen LogP contribution in [0, 0.1) is 0 Å². The van der Waals surface area contributed by atoms with Gasteiger partial charge in [0.15, 0.2) is 5.69 Å². The quantitative estimate of drug-likeness (QED) is 0.712. The smallest absolute Gasteiger partial charge is 0.358 e. The van der Waals surface area contributed by atoms with Crippen LogP contribution in [0.4, 0.5) is 0 Å². The summed E-state index contributed by atoms with van der Waals surface area (Å²) in [6, 6.07) is 6.02. The molecule has 0 atom stereocenters. The highest BCUT2D eigenvalue weighted by Gasteiger charge is 2.30. The Labute approximate surface area is 170 Å². The second kappa shape index (κ2) is 8.47. The third-order valence-corrected chi connectivity index (χ3v) is 5.93. The van der Waals surface area contributed by atoms with Crippen molar-refractivity contribution in [2.75, 3.05) is 19.7 Å². The summed E-state index contributed by atoms with van der Waals surface area (Å²) in [5.74, 6) is -0.195. The molecule has 2 aromatic heterocycles. The van der Waals surface area contributed by atoms with Gasteiger partial charge in [-0.3, -0.25) is 9.48 Å². The highest BCUT2D eigenvalue weighted by molar-refractivity contribution is 7.10. The number of hydrogen-bond donors (Lipinski definition) is 0. The van der Waals surface area contributed by atoms with E-state index in [-0.39, 0.29) is 23.3 Å². The third kappa shape index (κ3) is 4.63. The number of likely N-dealkylation sites (tertiary alicyclic amines) is 1. The Bertz CT molecular complexity index is 813. The first-order valence-corrected chi connectivity index (χ1v) is 10.7. The normalized spacial score (nSPS) is 15.6. The first-order valence-electron chi connectivity index (χ1n) is 9.87. The number of aromatic nitrogens is 2. The monoisotopic (exact) mass is 403 g/mol. The van der Waals surface area contributed by atoms with Gasteiger partial charge in [0.2, 0.25) is 5.91 Å². The SMILES string of the molecule is CCOC(=O)c1cc(C(C)(C)C)n(C2CCN(C(=O)Cc3cccs3)CC2)n1. The Morgan fingerprint density at radius 1 is 1.29 bits per heavy atom. The zero-order valence-electron chi connectivity index (χ0n) is 17.1. The highest BCUT2D eigenvalue weighted by atomic mass is 32.1. The molecule has 0 spiro atoms. The van der Waals surface area contributed by atoms with E-state index < -0.39 is 0 Å². The molecule has 0 saturated carbocycles. The van der Waals surface area contributed by atoms with Gasteiger partial charge >= 0.3 is 5.97 Å². The fourth-order valence-electron chi connectivity index (χ4n) is 3.57. The molecular weight excluding hydrogens is 374 g/mol. The van der Waals surface area contributed by atoms with Crippen molar-refractivity contribution < 1.29 is 14.3 Å². The lowest BCUT2D eigenvalue weighted by Gasteiger charge is -2.34. The highest BCUT2D eigenvalue weighted by Crippen LogP contribution is 2.31. The van der Waals surface area contributed by atoms with Crippen LogP contribution >= 0.6 is 11.3 Å². The third-order valence-electron chi connectivity index (χ3n) is 5.06. The molecule has 6 nitrogen and oxygen atoms in total. The fourth-order valence-corrected chi connectivity index (χ4v) is 4.27. The van der Waals surface area contributed by atoms with Gasteiger partial charge in [0.1, 0.15) is 0 Å². The molecule has 1 amide bonds. The first kappa shape index (κ1) is 20.6. The number of esters is 1. The van der Waals surface area contributed by atoms with Crippen LogP contribution < -0.4 is 0 Å². The van der Waals surface area contributed by atoms with Crippen LogP contribution in [0.15, 0.2) is 23.6 Å². The van der Waals surface area contributed by atoms with Crippen LogP contribution in [0.2, 0.25) is 0 Å². The molecule has 28 heavy (non-hydrogen) atoms. The van der Waals surface area contributed by atoms with Crippen LogP contribution in [0.1, 0.15) is 67.6 Å². The standard InChI is InChI=1S/C21H29N3O3S/c1-5-27-20(26)17-14-18(21(2,3)4)24(22-17)15-8-10-23(11-9-15)19(25)13-16-7-6-12-28-16/h6-7,12,14-15H,5,8-11,13H2,1-4H3. The van der Waals surface area contributed by atoms with Gasteiger partial charge in [-0.15, -0.1) is 11.3 Å².